The molecule has 3 saturated heterocycles. The fourth-order valence-electron chi connectivity index (χ4n) is 5.08. The molecular formula is C24H27ClN4O2. The molecule has 1 unspecified atom stereocenters. The van der Waals surface area contributed by atoms with E-state index >= 15 is 0 Å². The predicted molar refractivity (Wildman–Crippen MR) is 122 cm³/mol. The minimum absolute atomic E-state index is 0.359. The highest BCUT2D eigenvalue weighted by molar-refractivity contribution is 6.33. The van der Waals surface area contributed by atoms with Crippen LogP contribution in [0.5, 0.6) is 0 Å². The average molecular weight is 439 g/mol. The SMILES string of the molecule is COC(=O)c1cccc2nc(-c3ccccc3Cl)n(CCNC3CN4CCC3CC4)c12. The standard InChI is InChI=1S/C24H27ClN4O2/c1-31-24(30)18-6-4-8-20-22(18)29(23(27-20)17-5-2-3-7-19(17)25)14-11-26-21-15-28-12-9-16(21)10-13-28/h2-8,16,21,26H,9-15H2,1H3. The molecule has 7 heteroatoms. The van der Waals surface area contributed by atoms with Crippen molar-refractivity contribution in [1.29, 1.82) is 0 Å². The highest BCUT2D eigenvalue weighted by Gasteiger charge is 2.33. The number of carbonyl (C=O) groups is 1. The van der Waals surface area contributed by atoms with E-state index in [1.807, 2.05) is 36.4 Å². The number of para-hydroxylation sites is 1. The topological polar surface area (TPSA) is 59.4 Å². The second kappa shape index (κ2) is 8.61. The number of nitrogens with one attached hydrogen (secondary N) is 1. The summed E-state index contributed by atoms with van der Waals surface area (Å²) in [5, 5.41) is 4.42. The summed E-state index contributed by atoms with van der Waals surface area (Å²) in [5.41, 5.74) is 2.94. The highest BCUT2D eigenvalue weighted by Crippen LogP contribution is 2.32. The Labute approximate surface area is 187 Å². The molecule has 6 rings (SSSR count). The molecule has 1 N–H and O–H groups in total. The largest absolute Gasteiger partial charge is 0.465 e. The third-order valence-electron chi connectivity index (χ3n) is 6.68. The molecule has 0 aliphatic carbocycles. The average Bonchev–Trinajstić information content (AvgIpc) is 3.18. The lowest BCUT2D eigenvalue weighted by Crippen LogP contribution is -2.56. The molecule has 3 fully saturated rings. The van der Waals surface area contributed by atoms with Gasteiger partial charge in [-0.25, -0.2) is 9.78 Å². The van der Waals surface area contributed by atoms with Crippen LogP contribution in [0.2, 0.25) is 5.02 Å². The van der Waals surface area contributed by atoms with Crippen LogP contribution in [0.25, 0.3) is 22.4 Å². The first-order valence-electron chi connectivity index (χ1n) is 10.9. The number of carbonyl (C=O) groups excluding carboxylic acids is 1. The maximum atomic E-state index is 12.5. The van der Waals surface area contributed by atoms with Crippen LogP contribution in [0, 0.1) is 5.92 Å². The summed E-state index contributed by atoms with van der Waals surface area (Å²) >= 11 is 6.52. The summed E-state index contributed by atoms with van der Waals surface area (Å²) in [5.74, 6) is 1.17. The van der Waals surface area contributed by atoms with Gasteiger partial charge in [-0.05, 0) is 56.1 Å². The maximum absolute atomic E-state index is 12.5. The normalized spacial score (nSPS) is 22.7. The quantitative estimate of drug-likeness (QED) is 0.593. The number of benzene rings is 2. The van der Waals surface area contributed by atoms with Crippen molar-refractivity contribution in [1.82, 2.24) is 19.8 Å². The second-order valence-corrected chi connectivity index (χ2v) is 8.84. The summed E-state index contributed by atoms with van der Waals surface area (Å²) < 4.78 is 7.15. The number of piperidine rings is 3. The molecule has 3 aliphatic rings. The Balaban J connectivity index is 1.50. The molecule has 6 nitrogen and oxygen atoms in total. The number of halogens is 1. The zero-order valence-corrected chi connectivity index (χ0v) is 18.4. The fraction of sp³-hybridized carbons (Fsp3) is 0.417. The zero-order valence-electron chi connectivity index (χ0n) is 17.7. The fourth-order valence-corrected chi connectivity index (χ4v) is 5.30. The number of imidazole rings is 1. The van der Waals surface area contributed by atoms with Crippen molar-refractivity contribution in [2.75, 3.05) is 33.3 Å². The second-order valence-electron chi connectivity index (χ2n) is 8.43. The van der Waals surface area contributed by atoms with Gasteiger partial charge in [0.05, 0.1) is 28.7 Å². The third kappa shape index (κ3) is 3.84. The van der Waals surface area contributed by atoms with Gasteiger partial charge in [-0.3, -0.25) is 0 Å². The van der Waals surface area contributed by atoms with Crippen molar-refractivity contribution < 1.29 is 9.53 Å². The van der Waals surface area contributed by atoms with Gasteiger partial charge in [0.15, 0.2) is 0 Å². The molecule has 3 aliphatic heterocycles. The van der Waals surface area contributed by atoms with Crippen LogP contribution >= 0.6 is 11.6 Å². The zero-order chi connectivity index (χ0) is 21.4. The molecular weight excluding hydrogens is 412 g/mol. The van der Waals surface area contributed by atoms with Gasteiger partial charge in [0.25, 0.3) is 0 Å². The minimum Gasteiger partial charge on any atom is -0.465 e. The minimum atomic E-state index is -0.359. The molecule has 0 amide bonds. The van der Waals surface area contributed by atoms with Crippen LogP contribution in [0.4, 0.5) is 0 Å². The highest BCUT2D eigenvalue weighted by atomic mass is 35.5. The van der Waals surface area contributed by atoms with E-state index < -0.39 is 0 Å². The Bertz CT molecular complexity index is 1100. The van der Waals surface area contributed by atoms with Crippen molar-refractivity contribution in [3.8, 4) is 11.4 Å². The monoisotopic (exact) mass is 438 g/mol. The van der Waals surface area contributed by atoms with Gasteiger partial charge in [-0.2, -0.15) is 0 Å². The van der Waals surface area contributed by atoms with Gasteiger partial charge < -0.3 is 19.5 Å². The summed E-state index contributed by atoms with van der Waals surface area (Å²) in [4.78, 5) is 19.9. The summed E-state index contributed by atoms with van der Waals surface area (Å²) in [6.45, 7) is 5.07. The van der Waals surface area contributed by atoms with Gasteiger partial charge in [-0.15, -0.1) is 0 Å². The van der Waals surface area contributed by atoms with Crippen LogP contribution in [0.3, 0.4) is 0 Å². The Morgan fingerprint density at radius 2 is 2.00 bits per heavy atom. The van der Waals surface area contributed by atoms with Crippen molar-refractivity contribution in [3.63, 3.8) is 0 Å². The van der Waals surface area contributed by atoms with Crippen molar-refractivity contribution in [3.05, 3.63) is 53.1 Å². The maximum Gasteiger partial charge on any atom is 0.340 e. The van der Waals surface area contributed by atoms with Crippen molar-refractivity contribution in [2.24, 2.45) is 5.92 Å². The number of nitrogens with zero attached hydrogens (tertiary/aromatic N) is 3. The van der Waals surface area contributed by atoms with Crippen LogP contribution in [-0.4, -0.2) is 59.8 Å². The molecule has 1 aromatic heterocycles. The molecule has 0 radical (unpaired) electrons. The van der Waals surface area contributed by atoms with Gasteiger partial charge in [0, 0.05) is 31.2 Å². The molecule has 3 aromatic rings. The predicted octanol–water partition coefficient (Wildman–Crippen LogP) is 3.83. The third-order valence-corrected chi connectivity index (χ3v) is 7.01. The smallest absolute Gasteiger partial charge is 0.340 e. The molecule has 162 valence electrons. The van der Waals surface area contributed by atoms with E-state index in [1.54, 1.807) is 6.07 Å². The number of hydrogen-bond acceptors (Lipinski definition) is 5. The molecule has 31 heavy (non-hydrogen) atoms. The number of hydrogen-bond donors (Lipinski definition) is 1. The van der Waals surface area contributed by atoms with E-state index in [4.69, 9.17) is 21.3 Å². The first kappa shape index (κ1) is 20.5. The molecule has 2 aromatic carbocycles. The summed E-state index contributed by atoms with van der Waals surface area (Å²) in [7, 11) is 1.41. The number of methoxy groups -OCH3 is 1. The first-order valence-corrected chi connectivity index (χ1v) is 11.3. The van der Waals surface area contributed by atoms with Crippen LogP contribution < -0.4 is 5.32 Å². The molecule has 2 bridgehead atoms. The molecule has 0 saturated carbocycles. The lowest BCUT2D eigenvalue weighted by Gasteiger charge is -2.45. The van der Waals surface area contributed by atoms with Gasteiger partial charge in [0.1, 0.15) is 5.82 Å². The first-order chi connectivity index (χ1) is 15.2. The van der Waals surface area contributed by atoms with E-state index in [0.29, 0.717) is 23.2 Å². The van der Waals surface area contributed by atoms with Crippen LogP contribution in [0.1, 0.15) is 23.2 Å². The molecule has 0 spiro atoms. The summed E-state index contributed by atoms with van der Waals surface area (Å²) in [6, 6.07) is 13.8. The Morgan fingerprint density at radius 3 is 2.71 bits per heavy atom. The van der Waals surface area contributed by atoms with Gasteiger partial charge in [-0.1, -0.05) is 29.8 Å². The van der Waals surface area contributed by atoms with E-state index in [-0.39, 0.29) is 5.97 Å². The number of rotatable bonds is 6. The molecule has 1 atom stereocenters. The Hall–Kier alpha value is -2.41. The molecule has 4 heterocycles. The van der Waals surface area contributed by atoms with E-state index in [1.165, 1.54) is 33.0 Å². The lowest BCUT2D eigenvalue weighted by molar-refractivity contribution is 0.0602. The van der Waals surface area contributed by atoms with Crippen molar-refractivity contribution >= 4 is 28.6 Å². The van der Waals surface area contributed by atoms with E-state index in [9.17, 15) is 4.79 Å². The Kier molecular flexibility index (Phi) is 5.69. The van der Waals surface area contributed by atoms with E-state index in [2.05, 4.69) is 14.8 Å². The lowest BCUT2D eigenvalue weighted by atomic mass is 9.84. The Morgan fingerprint density at radius 1 is 1.19 bits per heavy atom. The number of esters is 1. The van der Waals surface area contributed by atoms with Gasteiger partial charge >= 0.3 is 5.97 Å². The van der Waals surface area contributed by atoms with E-state index in [0.717, 1.165) is 41.4 Å². The number of ether oxygens (including phenoxy) is 1. The van der Waals surface area contributed by atoms with Crippen LogP contribution in [0.15, 0.2) is 42.5 Å². The number of fused-ring (bicyclic) bond motifs is 4. The van der Waals surface area contributed by atoms with Gasteiger partial charge in [0.2, 0.25) is 0 Å². The summed E-state index contributed by atoms with van der Waals surface area (Å²) in [6.07, 6.45) is 2.56. The van der Waals surface area contributed by atoms with Crippen LogP contribution in [-0.2, 0) is 11.3 Å². The van der Waals surface area contributed by atoms with Crippen molar-refractivity contribution in [2.45, 2.75) is 25.4 Å². The number of aromatic nitrogens is 2.